The van der Waals surface area contributed by atoms with Crippen molar-refractivity contribution in [1.82, 2.24) is 9.97 Å². The van der Waals surface area contributed by atoms with Crippen LogP contribution in [0.5, 0.6) is 0 Å². The molecule has 0 radical (unpaired) electrons. The van der Waals surface area contributed by atoms with Crippen LogP contribution in [0, 0.1) is 0 Å². The first-order valence-electron chi connectivity index (χ1n) is 8.77. The molecular formula is C20H20ClN3O2. The van der Waals surface area contributed by atoms with Gasteiger partial charge in [-0.25, -0.2) is 9.97 Å². The molecule has 0 amide bonds. The number of hydrogen-bond donors (Lipinski definition) is 1. The molecule has 0 saturated carbocycles. The fourth-order valence-corrected chi connectivity index (χ4v) is 3.12. The summed E-state index contributed by atoms with van der Waals surface area (Å²) >= 11 is 6.12. The van der Waals surface area contributed by atoms with E-state index in [1.807, 2.05) is 24.3 Å². The lowest BCUT2D eigenvalue weighted by Gasteiger charge is -2.18. The summed E-state index contributed by atoms with van der Waals surface area (Å²) < 4.78 is 0. The molecule has 0 spiro atoms. The molecule has 1 heterocycles. The number of halogens is 1. The summed E-state index contributed by atoms with van der Waals surface area (Å²) in [6, 6.07) is 7.83. The van der Waals surface area contributed by atoms with Crippen molar-refractivity contribution in [3.05, 3.63) is 64.3 Å². The fraction of sp³-hybridized carbons (Fsp3) is 0.300. The van der Waals surface area contributed by atoms with Crippen LogP contribution in [-0.4, -0.2) is 21.5 Å². The van der Waals surface area contributed by atoms with Crippen LogP contribution in [-0.2, 0) is 6.42 Å². The second-order valence-corrected chi connectivity index (χ2v) is 6.64. The summed E-state index contributed by atoms with van der Waals surface area (Å²) in [4.78, 5) is 32.6. The Morgan fingerprint density at radius 1 is 1.04 bits per heavy atom. The van der Waals surface area contributed by atoms with Gasteiger partial charge in [-0.05, 0) is 30.5 Å². The molecule has 0 bridgehead atoms. The van der Waals surface area contributed by atoms with E-state index in [9.17, 15) is 9.59 Å². The monoisotopic (exact) mass is 369 g/mol. The second kappa shape index (κ2) is 8.23. The number of aromatic nitrogens is 2. The van der Waals surface area contributed by atoms with E-state index in [0.29, 0.717) is 5.69 Å². The zero-order valence-electron chi connectivity index (χ0n) is 14.6. The van der Waals surface area contributed by atoms with Crippen LogP contribution >= 0.6 is 11.6 Å². The first kappa shape index (κ1) is 18.3. The Morgan fingerprint density at radius 3 is 2.54 bits per heavy atom. The minimum absolute atomic E-state index is 0.0444. The lowest BCUT2D eigenvalue weighted by atomic mass is 9.98. The molecule has 0 saturated heterocycles. The van der Waals surface area contributed by atoms with Gasteiger partial charge in [0.05, 0.1) is 5.56 Å². The predicted octanol–water partition coefficient (Wildman–Crippen LogP) is 4.54. The van der Waals surface area contributed by atoms with Gasteiger partial charge >= 0.3 is 0 Å². The van der Waals surface area contributed by atoms with E-state index in [1.54, 1.807) is 0 Å². The minimum Gasteiger partial charge on any atom is -0.351 e. The van der Waals surface area contributed by atoms with Crippen molar-refractivity contribution in [2.45, 2.75) is 39.0 Å². The molecule has 0 atom stereocenters. The Labute approximate surface area is 157 Å². The maximum absolute atomic E-state index is 12.6. The van der Waals surface area contributed by atoms with Gasteiger partial charge in [-0.1, -0.05) is 49.9 Å². The van der Waals surface area contributed by atoms with E-state index >= 15 is 0 Å². The molecular weight excluding hydrogens is 350 g/mol. The van der Waals surface area contributed by atoms with E-state index in [4.69, 9.17) is 11.6 Å². The first-order chi connectivity index (χ1) is 12.6. The molecule has 1 aromatic carbocycles. The summed E-state index contributed by atoms with van der Waals surface area (Å²) in [6.07, 6.45) is 8.48. The van der Waals surface area contributed by atoms with Crippen molar-refractivity contribution >= 4 is 28.9 Å². The molecule has 6 heteroatoms. The summed E-state index contributed by atoms with van der Waals surface area (Å²) in [7, 11) is 0. The Bertz CT molecular complexity index is 860. The number of carbonyl (C=O) groups is 2. The zero-order chi connectivity index (χ0) is 18.5. The number of unbranched alkanes of at least 4 members (excludes halogenated alkanes) is 3. The minimum atomic E-state index is -0.473. The smallest absolute Gasteiger partial charge is 0.225 e. The number of hydrogen-bond acceptors (Lipinski definition) is 5. The Balaban J connectivity index is 1.73. The van der Waals surface area contributed by atoms with Crippen LogP contribution < -0.4 is 5.32 Å². The number of nitrogens with zero attached hydrogens (tertiary/aromatic N) is 2. The van der Waals surface area contributed by atoms with Gasteiger partial charge in [0.1, 0.15) is 22.8 Å². The average molecular weight is 370 g/mol. The number of rotatable bonds is 7. The molecule has 0 fully saturated rings. The van der Waals surface area contributed by atoms with Crippen molar-refractivity contribution in [3.8, 4) is 0 Å². The highest BCUT2D eigenvalue weighted by atomic mass is 35.5. The number of fused-ring (bicyclic) bond motifs is 1. The molecule has 1 N–H and O–H groups in total. The van der Waals surface area contributed by atoms with Gasteiger partial charge in [0.25, 0.3) is 0 Å². The van der Waals surface area contributed by atoms with Crippen LogP contribution in [0.4, 0.5) is 5.69 Å². The number of carbonyl (C=O) groups excluding carboxylic acids is 2. The number of benzene rings is 1. The predicted molar refractivity (Wildman–Crippen MR) is 101 cm³/mol. The fourth-order valence-electron chi connectivity index (χ4n) is 2.90. The third kappa shape index (κ3) is 3.83. The Hall–Kier alpha value is -2.53. The van der Waals surface area contributed by atoms with Crippen LogP contribution in [0.1, 0.15) is 59.0 Å². The summed E-state index contributed by atoms with van der Waals surface area (Å²) in [5, 5.41) is 2.83. The van der Waals surface area contributed by atoms with Gasteiger partial charge in [0.15, 0.2) is 0 Å². The molecule has 0 unspecified atom stereocenters. The summed E-state index contributed by atoms with van der Waals surface area (Å²) in [5.41, 5.74) is 2.23. The normalized spacial score (nSPS) is 13.8. The van der Waals surface area contributed by atoms with Gasteiger partial charge in [-0.3, -0.25) is 9.59 Å². The van der Waals surface area contributed by atoms with Gasteiger partial charge < -0.3 is 5.32 Å². The third-order valence-corrected chi connectivity index (χ3v) is 4.72. The third-order valence-electron chi connectivity index (χ3n) is 4.36. The molecule has 3 rings (SSSR count). The van der Waals surface area contributed by atoms with Gasteiger partial charge in [0.2, 0.25) is 11.6 Å². The van der Waals surface area contributed by atoms with Crippen molar-refractivity contribution < 1.29 is 9.59 Å². The first-order valence-corrected chi connectivity index (χ1v) is 9.14. The van der Waals surface area contributed by atoms with Crippen LogP contribution in [0.3, 0.4) is 0 Å². The number of nitrogens with one attached hydrogen (secondary N) is 1. The summed E-state index contributed by atoms with van der Waals surface area (Å²) in [5.74, 6) is -0.854. The standard InChI is InChI=1S/C20H20ClN3O2/c1-2-3-4-5-6-13-7-9-14(10-8-13)24-18-16(21)20(26)17-15(19(18)25)11-22-12-23-17/h7-12,24H,2-6H2,1H3. The van der Waals surface area contributed by atoms with Crippen LogP contribution in [0.25, 0.3) is 0 Å². The molecule has 134 valence electrons. The van der Waals surface area contributed by atoms with Crippen molar-refractivity contribution in [2.75, 3.05) is 5.32 Å². The molecule has 1 aliphatic carbocycles. The van der Waals surface area contributed by atoms with Gasteiger partial charge in [-0.2, -0.15) is 0 Å². The topological polar surface area (TPSA) is 72.0 Å². The SMILES string of the molecule is CCCCCCc1ccc(NC2=C(Cl)C(=O)c3ncncc3C2=O)cc1. The van der Waals surface area contributed by atoms with Crippen molar-refractivity contribution in [3.63, 3.8) is 0 Å². The van der Waals surface area contributed by atoms with Crippen molar-refractivity contribution in [2.24, 2.45) is 0 Å². The number of ketones is 2. The van der Waals surface area contributed by atoms with E-state index in [-0.39, 0.29) is 27.8 Å². The average Bonchev–Trinajstić information content (AvgIpc) is 2.68. The van der Waals surface area contributed by atoms with Gasteiger partial charge in [0, 0.05) is 11.9 Å². The highest BCUT2D eigenvalue weighted by molar-refractivity contribution is 6.50. The number of anilines is 1. The van der Waals surface area contributed by atoms with E-state index < -0.39 is 5.78 Å². The quantitative estimate of drug-likeness (QED) is 0.725. The Kier molecular flexibility index (Phi) is 5.78. The summed E-state index contributed by atoms with van der Waals surface area (Å²) in [6.45, 7) is 2.20. The molecule has 2 aromatic rings. The highest BCUT2D eigenvalue weighted by Crippen LogP contribution is 2.28. The number of Topliss-reactive ketones (excluding diaryl/α,β-unsaturated/α-hetero) is 2. The lowest BCUT2D eigenvalue weighted by molar-refractivity contribution is 0.0977. The van der Waals surface area contributed by atoms with Crippen LogP contribution in [0.2, 0.25) is 0 Å². The number of aryl methyl sites for hydroxylation is 1. The zero-order valence-corrected chi connectivity index (χ0v) is 15.3. The Morgan fingerprint density at radius 2 is 1.81 bits per heavy atom. The molecule has 26 heavy (non-hydrogen) atoms. The maximum atomic E-state index is 12.6. The molecule has 0 aliphatic heterocycles. The maximum Gasteiger partial charge on any atom is 0.225 e. The molecule has 5 nitrogen and oxygen atoms in total. The van der Waals surface area contributed by atoms with E-state index in [2.05, 4.69) is 22.2 Å². The second-order valence-electron chi connectivity index (χ2n) is 6.26. The van der Waals surface area contributed by atoms with E-state index in [1.165, 1.54) is 43.8 Å². The van der Waals surface area contributed by atoms with Crippen molar-refractivity contribution in [1.29, 1.82) is 0 Å². The molecule has 1 aromatic heterocycles. The van der Waals surface area contributed by atoms with E-state index in [0.717, 1.165) is 6.42 Å². The van der Waals surface area contributed by atoms with Crippen LogP contribution in [0.15, 0.2) is 47.5 Å². The molecule has 1 aliphatic rings. The highest BCUT2D eigenvalue weighted by Gasteiger charge is 2.33. The van der Waals surface area contributed by atoms with Gasteiger partial charge in [-0.15, -0.1) is 0 Å². The largest absolute Gasteiger partial charge is 0.351 e. The number of allylic oxidation sites excluding steroid dienone is 2. The lowest BCUT2D eigenvalue weighted by Crippen LogP contribution is -2.25.